The molecule has 12 aliphatic rings. The van der Waals surface area contributed by atoms with Crippen molar-refractivity contribution in [3.8, 4) is 0 Å². The summed E-state index contributed by atoms with van der Waals surface area (Å²) in [6.07, 6.45) is 17.0. The molecule has 5 aliphatic heterocycles. The van der Waals surface area contributed by atoms with Gasteiger partial charge in [-0.2, -0.15) is 0 Å². The van der Waals surface area contributed by atoms with Gasteiger partial charge < -0.3 is 38.6 Å². The van der Waals surface area contributed by atoms with Gasteiger partial charge in [-0.1, -0.05) is 77.7 Å². The second-order valence-electron chi connectivity index (χ2n) is 24.7. The number of fused-ring (bicyclic) bond motifs is 5. The number of nitrogens with zero attached hydrogens (tertiary/aromatic N) is 1. The number of aliphatic hydroxyl groups excluding tert-OH is 2. The number of carbonyl (C=O) groups excluding carboxylic acids is 4. The van der Waals surface area contributed by atoms with Gasteiger partial charge in [-0.25, -0.2) is 0 Å². The van der Waals surface area contributed by atoms with E-state index >= 15 is 0 Å². The summed E-state index contributed by atoms with van der Waals surface area (Å²) in [5, 5.41) is 20.7. The second-order valence-corrected chi connectivity index (χ2v) is 25.9. The molecule has 72 heavy (non-hydrogen) atoms. The number of likely N-dealkylation sites (tertiary alicyclic amines) is 1. The first-order valence-corrected chi connectivity index (χ1v) is 28.5. The maximum Gasteiger partial charge on any atom is 0.316 e. The molecule has 2 amide bonds. The Hall–Kier alpha value is -3.53. The summed E-state index contributed by atoms with van der Waals surface area (Å²) in [7, 11) is 0. The Labute approximate surface area is 428 Å². The van der Waals surface area contributed by atoms with E-state index < -0.39 is 52.3 Å². The van der Waals surface area contributed by atoms with E-state index in [9.17, 15) is 29.4 Å². The van der Waals surface area contributed by atoms with Gasteiger partial charge in [0, 0.05) is 31.2 Å². The van der Waals surface area contributed by atoms with Gasteiger partial charge in [-0.15, -0.1) is 11.8 Å². The summed E-state index contributed by atoms with van der Waals surface area (Å²) in [6, 6.07) is 0. The molecule has 4 saturated heterocycles. The molecule has 390 valence electrons. The highest BCUT2D eigenvalue weighted by Gasteiger charge is 3.01. The minimum Gasteiger partial charge on any atom is -0.490 e. The molecule has 0 aromatic rings. The number of esters is 2. The monoisotopic (exact) mass is 1010 g/mol. The summed E-state index contributed by atoms with van der Waals surface area (Å²) in [5.74, 6) is 1.07. The number of amides is 2. The molecule has 17 atom stereocenters. The third kappa shape index (κ3) is 7.38. The fourth-order valence-electron chi connectivity index (χ4n) is 16.6. The van der Waals surface area contributed by atoms with Gasteiger partial charge >= 0.3 is 11.9 Å². The van der Waals surface area contributed by atoms with Gasteiger partial charge in [0.1, 0.15) is 41.9 Å². The van der Waals surface area contributed by atoms with Crippen LogP contribution < -0.4 is 0 Å². The lowest BCUT2D eigenvalue weighted by molar-refractivity contribution is -0.169. The molecule has 7 aliphatic carbocycles. The van der Waals surface area contributed by atoms with Crippen LogP contribution in [0.15, 0.2) is 71.1 Å². The van der Waals surface area contributed by atoms with Crippen LogP contribution in [0.25, 0.3) is 0 Å². The second kappa shape index (κ2) is 17.5. The Morgan fingerprint density at radius 3 is 2.51 bits per heavy atom. The van der Waals surface area contributed by atoms with E-state index in [-0.39, 0.29) is 96.9 Å². The number of rotatable bonds is 15. The Kier molecular flexibility index (Phi) is 12.0. The first-order valence-electron chi connectivity index (χ1n) is 27.4. The van der Waals surface area contributed by atoms with E-state index in [1.54, 1.807) is 0 Å². The van der Waals surface area contributed by atoms with Gasteiger partial charge in [0.2, 0.25) is 11.8 Å². The molecule has 12 rings (SSSR count). The van der Waals surface area contributed by atoms with Gasteiger partial charge in [0.25, 0.3) is 0 Å². The van der Waals surface area contributed by atoms with Gasteiger partial charge in [-0.3, -0.25) is 24.1 Å². The SMILES string of the molecule is C=C1OCC2=C1CC[C@@]1(C)[C@H]2C[C@@H]2O[C@@]23[C@H](OC(=O)CCCN2C(=O)CC(SCC(=O)O[C@H]4C[C@H](O)C/C(=C/C=C5\CCC[C@@]6(C)C5CCC6[C@@H](C)/C=C/C(O)C5CC5)C4=C)C2=O)[C@@]2(C(C)C)O[C@H]2[C@@H]2O[C@@]231. The van der Waals surface area contributed by atoms with Gasteiger partial charge in [0.15, 0.2) is 11.7 Å². The number of hydrogen-bond donors (Lipinski definition) is 2. The van der Waals surface area contributed by atoms with Crippen molar-refractivity contribution in [2.24, 2.45) is 46.3 Å². The molecular weight excluding hydrogens is 935 g/mol. The summed E-state index contributed by atoms with van der Waals surface area (Å²) in [4.78, 5) is 55.2. The van der Waals surface area contributed by atoms with Crippen LogP contribution in [0.2, 0.25) is 0 Å². The zero-order valence-electron chi connectivity index (χ0n) is 42.9. The van der Waals surface area contributed by atoms with Crippen LogP contribution in [0.3, 0.4) is 0 Å². The third-order valence-electron chi connectivity index (χ3n) is 20.7. The minimum absolute atomic E-state index is 0.000914. The highest BCUT2D eigenvalue weighted by Crippen LogP contribution is 2.83. The van der Waals surface area contributed by atoms with Crippen molar-refractivity contribution >= 4 is 35.5 Å². The summed E-state index contributed by atoms with van der Waals surface area (Å²) in [5.41, 5.74) is 3.29. The van der Waals surface area contributed by atoms with E-state index in [1.807, 2.05) is 6.08 Å². The Morgan fingerprint density at radius 1 is 0.931 bits per heavy atom. The average molecular weight is 1010 g/mol. The van der Waals surface area contributed by atoms with Crippen molar-refractivity contribution in [2.45, 2.75) is 196 Å². The van der Waals surface area contributed by atoms with Crippen molar-refractivity contribution in [3.05, 3.63) is 71.1 Å². The number of aliphatic hydroxyl groups is 2. The number of carbonyl (C=O) groups is 4. The van der Waals surface area contributed by atoms with Crippen molar-refractivity contribution < 1.29 is 57.8 Å². The van der Waals surface area contributed by atoms with E-state index in [2.05, 4.69) is 66.0 Å². The number of hydrogen-bond acceptors (Lipinski definition) is 13. The molecule has 5 heterocycles. The van der Waals surface area contributed by atoms with Crippen molar-refractivity contribution in [2.75, 3.05) is 18.9 Å². The smallest absolute Gasteiger partial charge is 0.316 e. The molecule has 0 aromatic heterocycles. The number of thioether (sulfide) groups is 1. The van der Waals surface area contributed by atoms with Gasteiger partial charge in [-0.05, 0) is 140 Å². The lowest BCUT2D eigenvalue weighted by atomic mass is 9.46. The van der Waals surface area contributed by atoms with Crippen molar-refractivity contribution in [1.29, 1.82) is 0 Å². The molecule has 13 nitrogen and oxygen atoms in total. The third-order valence-corrected chi connectivity index (χ3v) is 21.9. The van der Waals surface area contributed by atoms with E-state index in [0.29, 0.717) is 42.3 Å². The molecule has 14 heteroatoms. The van der Waals surface area contributed by atoms with Crippen LogP contribution in [0.5, 0.6) is 0 Å². The van der Waals surface area contributed by atoms with Crippen LogP contribution in [0.4, 0.5) is 0 Å². The largest absolute Gasteiger partial charge is 0.490 e. The topological polar surface area (TPSA) is 177 Å². The summed E-state index contributed by atoms with van der Waals surface area (Å²) in [6.45, 7) is 20.4. The Balaban J connectivity index is 0.630. The molecule has 0 aromatic carbocycles. The summed E-state index contributed by atoms with van der Waals surface area (Å²) < 4.78 is 38.6. The van der Waals surface area contributed by atoms with E-state index in [1.165, 1.54) is 28.0 Å². The van der Waals surface area contributed by atoms with Crippen LogP contribution in [0.1, 0.15) is 131 Å². The predicted molar refractivity (Wildman–Crippen MR) is 268 cm³/mol. The first kappa shape index (κ1) is 49.4. The summed E-state index contributed by atoms with van der Waals surface area (Å²) >= 11 is 1.08. The molecule has 0 bridgehead atoms. The molecule has 4 unspecified atom stereocenters. The predicted octanol–water partition coefficient (Wildman–Crippen LogP) is 7.94. The van der Waals surface area contributed by atoms with Crippen LogP contribution in [-0.2, 0) is 47.6 Å². The zero-order chi connectivity index (χ0) is 50.4. The molecule has 6 saturated carbocycles. The zero-order valence-corrected chi connectivity index (χ0v) is 43.7. The maximum absolute atomic E-state index is 13.9. The number of ether oxygens (including phenoxy) is 6. The molecular formula is C58H75NO12S. The van der Waals surface area contributed by atoms with Crippen LogP contribution in [0, 0.1) is 46.3 Å². The number of epoxide rings is 3. The minimum atomic E-state index is -0.812. The van der Waals surface area contributed by atoms with Crippen LogP contribution >= 0.6 is 11.8 Å². The standard InChI is InChI=1S/C58H75NO12S/c1-30(2)56-50(70-56)51-58(71-51)55(7)22-20-38-33(5)66-28-39(38)42(55)26-46-57(58,69-46)53(56)68-48(63)11-9-23-59-47(62)27-45(52(59)65)72-29-49(64)67-44-25-37(60)24-36(32(44)4)16-13-34-10-8-21-54(6)40(17-18-41(34)54)31(3)12-19-43(61)35-14-15-35/h12-13,16,19,30-31,35,37,40-46,50-51,53,60-61H,4-5,8-11,14-15,17-18,20-29H2,1-3,6-7H3/b19-12+,34-13+,36-16-/t31-,37+,40?,41?,42-,43?,44-,45?,46-,50-,51-,53+,54+,55-,56-,57+,58+/m0/s1. The Morgan fingerprint density at radius 2 is 1.74 bits per heavy atom. The highest BCUT2D eigenvalue weighted by molar-refractivity contribution is 8.01. The van der Waals surface area contributed by atoms with Crippen molar-refractivity contribution in [3.63, 3.8) is 0 Å². The van der Waals surface area contributed by atoms with Crippen LogP contribution in [-0.4, -0.2) is 123 Å². The molecule has 0 radical (unpaired) electrons. The highest BCUT2D eigenvalue weighted by atomic mass is 32.2. The molecule has 10 fully saturated rings. The fraction of sp³-hybridized carbons (Fsp3) is 0.724. The average Bonchev–Trinajstić information content (AvgIpc) is 4.20. The normalized spacial score (nSPS) is 45.2. The lowest BCUT2D eigenvalue weighted by Gasteiger charge is -2.53. The molecule has 2 N–H and O–H groups in total. The number of allylic oxidation sites excluding steroid dienone is 5. The van der Waals surface area contributed by atoms with E-state index in [4.69, 9.17) is 28.4 Å². The first-order chi connectivity index (χ1) is 34.4. The lowest BCUT2D eigenvalue weighted by Crippen LogP contribution is -2.70. The fourth-order valence-corrected chi connectivity index (χ4v) is 17.6. The van der Waals surface area contributed by atoms with Crippen molar-refractivity contribution in [1.82, 2.24) is 4.90 Å². The number of imide groups is 1. The van der Waals surface area contributed by atoms with E-state index in [0.717, 1.165) is 80.9 Å². The maximum atomic E-state index is 13.9. The quantitative estimate of drug-likeness (QED) is 0.0701. The molecule has 2 spiro atoms. The van der Waals surface area contributed by atoms with Gasteiger partial charge in [0.05, 0.1) is 29.3 Å². The Bertz CT molecular complexity index is 2490.